The zero-order chi connectivity index (χ0) is 9.80. The molecule has 0 aliphatic heterocycles. The highest BCUT2D eigenvalue weighted by atomic mass is 16.5. The van der Waals surface area contributed by atoms with Crippen LogP contribution < -0.4 is 4.74 Å². The minimum absolute atomic E-state index is 0.611. The number of benzene rings is 1. The van der Waals surface area contributed by atoms with Crippen molar-refractivity contribution in [1.82, 2.24) is 15.0 Å². The molecule has 0 radical (unpaired) electrons. The number of rotatable bonds is 3. The first-order valence-electron chi connectivity index (χ1n) is 4.50. The van der Waals surface area contributed by atoms with E-state index in [0.717, 1.165) is 5.69 Å². The maximum atomic E-state index is 5.37. The summed E-state index contributed by atoms with van der Waals surface area (Å²) in [6, 6.07) is 9.77. The molecule has 4 nitrogen and oxygen atoms in total. The number of hydrogen-bond donors (Lipinski definition) is 0. The van der Waals surface area contributed by atoms with Gasteiger partial charge >= 0.3 is 0 Å². The van der Waals surface area contributed by atoms with Crippen molar-refractivity contribution >= 4 is 0 Å². The predicted octanol–water partition coefficient (Wildman–Crippen LogP) is 1.67. The van der Waals surface area contributed by atoms with Crippen molar-refractivity contribution in [3.05, 3.63) is 36.5 Å². The molecule has 72 valence electrons. The molecule has 1 aromatic carbocycles. The Labute approximate surface area is 82.1 Å². The van der Waals surface area contributed by atoms with Gasteiger partial charge in [-0.2, -0.15) is 4.68 Å². The fourth-order valence-electron chi connectivity index (χ4n) is 1.22. The minimum Gasteiger partial charge on any atom is -0.477 e. The molecule has 0 saturated carbocycles. The van der Waals surface area contributed by atoms with Crippen molar-refractivity contribution in [3.63, 3.8) is 0 Å². The van der Waals surface area contributed by atoms with Gasteiger partial charge in [0.2, 0.25) is 5.88 Å². The maximum Gasteiger partial charge on any atom is 0.237 e. The van der Waals surface area contributed by atoms with E-state index in [1.54, 1.807) is 10.9 Å². The van der Waals surface area contributed by atoms with Crippen molar-refractivity contribution in [1.29, 1.82) is 0 Å². The average Bonchev–Trinajstić information content (AvgIpc) is 2.68. The van der Waals surface area contributed by atoms with Gasteiger partial charge in [0.15, 0.2) is 0 Å². The lowest BCUT2D eigenvalue weighted by molar-refractivity contribution is 0.316. The smallest absolute Gasteiger partial charge is 0.237 e. The summed E-state index contributed by atoms with van der Waals surface area (Å²) < 4.78 is 7.04. The molecular weight excluding hydrogens is 178 g/mol. The molecule has 0 saturated heterocycles. The maximum absolute atomic E-state index is 5.37. The van der Waals surface area contributed by atoms with Gasteiger partial charge in [0.05, 0.1) is 12.3 Å². The van der Waals surface area contributed by atoms with Gasteiger partial charge in [-0.05, 0) is 19.1 Å². The van der Waals surface area contributed by atoms with E-state index in [1.165, 1.54) is 0 Å². The van der Waals surface area contributed by atoms with Crippen molar-refractivity contribution in [2.45, 2.75) is 6.92 Å². The molecule has 2 rings (SSSR count). The molecule has 0 bridgehead atoms. The fraction of sp³-hybridized carbons (Fsp3) is 0.200. The lowest BCUT2D eigenvalue weighted by Crippen LogP contribution is -2.02. The molecule has 14 heavy (non-hydrogen) atoms. The van der Waals surface area contributed by atoms with E-state index in [1.807, 2.05) is 37.3 Å². The number of para-hydroxylation sites is 1. The predicted molar refractivity (Wildman–Crippen MR) is 52.5 cm³/mol. The van der Waals surface area contributed by atoms with E-state index in [-0.39, 0.29) is 0 Å². The molecule has 4 heteroatoms. The third-order valence-corrected chi connectivity index (χ3v) is 1.81. The Morgan fingerprint density at radius 3 is 2.79 bits per heavy atom. The highest BCUT2D eigenvalue weighted by Crippen LogP contribution is 2.14. The lowest BCUT2D eigenvalue weighted by atomic mass is 10.3. The summed E-state index contributed by atoms with van der Waals surface area (Å²) in [5.41, 5.74) is 0.952. The van der Waals surface area contributed by atoms with E-state index in [2.05, 4.69) is 10.3 Å². The SMILES string of the molecule is CCOc1cnnn1-c1ccccc1. The average molecular weight is 189 g/mol. The van der Waals surface area contributed by atoms with Gasteiger partial charge < -0.3 is 4.74 Å². The second-order valence-electron chi connectivity index (χ2n) is 2.75. The van der Waals surface area contributed by atoms with Gasteiger partial charge in [0, 0.05) is 0 Å². The Balaban J connectivity index is 2.37. The van der Waals surface area contributed by atoms with Gasteiger partial charge in [-0.15, -0.1) is 5.10 Å². The van der Waals surface area contributed by atoms with Crippen molar-refractivity contribution < 1.29 is 4.74 Å². The summed E-state index contributed by atoms with van der Waals surface area (Å²) in [6.45, 7) is 2.54. The first-order valence-corrected chi connectivity index (χ1v) is 4.50. The first kappa shape index (κ1) is 8.74. The molecule has 0 fully saturated rings. The van der Waals surface area contributed by atoms with Crippen LogP contribution in [0.4, 0.5) is 0 Å². The quantitative estimate of drug-likeness (QED) is 0.737. The molecular formula is C10H11N3O. The van der Waals surface area contributed by atoms with Crippen LogP contribution in [0, 0.1) is 0 Å². The Bertz CT molecular complexity index is 397. The standard InChI is InChI=1S/C10H11N3O/c1-2-14-10-8-11-12-13(10)9-6-4-3-5-7-9/h3-8H,2H2,1H3. The molecule has 2 aromatic rings. The van der Waals surface area contributed by atoms with Gasteiger partial charge in [0.1, 0.15) is 6.20 Å². The molecule has 0 spiro atoms. The Morgan fingerprint density at radius 2 is 2.07 bits per heavy atom. The Kier molecular flexibility index (Phi) is 2.44. The van der Waals surface area contributed by atoms with Crippen LogP contribution >= 0.6 is 0 Å². The van der Waals surface area contributed by atoms with Crippen LogP contribution in [0.1, 0.15) is 6.92 Å². The highest BCUT2D eigenvalue weighted by Gasteiger charge is 2.04. The number of nitrogens with zero attached hydrogens (tertiary/aromatic N) is 3. The van der Waals surface area contributed by atoms with E-state index in [9.17, 15) is 0 Å². The van der Waals surface area contributed by atoms with Crippen molar-refractivity contribution in [3.8, 4) is 11.6 Å². The zero-order valence-corrected chi connectivity index (χ0v) is 7.92. The lowest BCUT2D eigenvalue weighted by Gasteiger charge is -2.05. The van der Waals surface area contributed by atoms with Crippen LogP contribution in [-0.2, 0) is 0 Å². The molecule has 0 amide bonds. The minimum atomic E-state index is 0.611. The van der Waals surface area contributed by atoms with Gasteiger partial charge in [-0.25, -0.2) is 0 Å². The van der Waals surface area contributed by atoms with Crippen LogP contribution in [0.25, 0.3) is 5.69 Å². The van der Waals surface area contributed by atoms with Gasteiger partial charge in [0.25, 0.3) is 0 Å². The Hall–Kier alpha value is -1.84. The molecule has 0 atom stereocenters. The van der Waals surface area contributed by atoms with Crippen LogP contribution in [0.3, 0.4) is 0 Å². The van der Waals surface area contributed by atoms with Crippen LogP contribution in [-0.4, -0.2) is 21.6 Å². The summed E-state index contributed by atoms with van der Waals surface area (Å²) in [6.07, 6.45) is 1.61. The molecule has 0 aliphatic carbocycles. The van der Waals surface area contributed by atoms with Crippen LogP contribution in [0.5, 0.6) is 5.88 Å². The third-order valence-electron chi connectivity index (χ3n) is 1.81. The van der Waals surface area contributed by atoms with Crippen molar-refractivity contribution in [2.24, 2.45) is 0 Å². The summed E-state index contributed by atoms with van der Waals surface area (Å²) in [7, 11) is 0. The Morgan fingerprint density at radius 1 is 1.29 bits per heavy atom. The summed E-state index contributed by atoms with van der Waals surface area (Å²) >= 11 is 0. The van der Waals surface area contributed by atoms with E-state index >= 15 is 0 Å². The highest BCUT2D eigenvalue weighted by molar-refractivity contribution is 5.33. The molecule has 0 N–H and O–H groups in total. The molecule has 1 heterocycles. The number of hydrogen-bond acceptors (Lipinski definition) is 3. The third kappa shape index (κ3) is 1.59. The van der Waals surface area contributed by atoms with Crippen molar-refractivity contribution in [2.75, 3.05) is 6.61 Å². The normalized spacial score (nSPS) is 10.1. The molecule has 1 aromatic heterocycles. The fourth-order valence-corrected chi connectivity index (χ4v) is 1.22. The van der Waals surface area contributed by atoms with Crippen LogP contribution in [0.15, 0.2) is 36.5 Å². The van der Waals surface area contributed by atoms with E-state index in [0.29, 0.717) is 12.5 Å². The summed E-state index contributed by atoms with van der Waals surface area (Å²) in [5.74, 6) is 0.665. The number of ether oxygens (including phenoxy) is 1. The number of aromatic nitrogens is 3. The van der Waals surface area contributed by atoms with E-state index in [4.69, 9.17) is 4.74 Å². The second-order valence-corrected chi connectivity index (χ2v) is 2.75. The van der Waals surface area contributed by atoms with Gasteiger partial charge in [-0.3, -0.25) is 0 Å². The summed E-state index contributed by atoms with van der Waals surface area (Å²) in [5, 5.41) is 7.75. The summed E-state index contributed by atoms with van der Waals surface area (Å²) in [4.78, 5) is 0. The molecule has 0 aliphatic rings. The largest absolute Gasteiger partial charge is 0.477 e. The van der Waals surface area contributed by atoms with E-state index < -0.39 is 0 Å². The van der Waals surface area contributed by atoms with Crippen LogP contribution in [0.2, 0.25) is 0 Å². The second kappa shape index (κ2) is 3.91. The topological polar surface area (TPSA) is 39.9 Å². The monoisotopic (exact) mass is 189 g/mol. The van der Waals surface area contributed by atoms with Gasteiger partial charge in [-0.1, -0.05) is 23.4 Å². The molecule has 0 unspecified atom stereocenters. The zero-order valence-electron chi connectivity index (χ0n) is 7.92. The first-order chi connectivity index (χ1) is 6.92.